The molecule has 2 unspecified atom stereocenters. The zero-order valence-corrected chi connectivity index (χ0v) is 16.6. The number of nitrogens with zero attached hydrogens (tertiary/aromatic N) is 3. The molecule has 1 amide bonds. The number of alkyl halides is 3. The second-order valence-electron chi connectivity index (χ2n) is 7.28. The average molecular weight is 426 g/mol. The van der Waals surface area contributed by atoms with Crippen LogP contribution in [0.2, 0.25) is 0 Å². The number of benzene rings is 1. The van der Waals surface area contributed by atoms with Gasteiger partial charge in [-0.15, -0.1) is 0 Å². The molecule has 2 atom stereocenters. The second-order valence-corrected chi connectivity index (χ2v) is 7.28. The summed E-state index contributed by atoms with van der Waals surface area (Å²) in [5, 5.41) is 13.0. The number of halogens is 3. The van der Waals surface area contributed by atoms with Crippen LogP contribution in [0.4, 0.5) is 13.2 Å². The third kappa shape index (κ3) is 4.82. The monoisotopic (exact) mass is 426 g/mol. The normalized spacial score (nSPS) is 18.6. The maximum Gasteiger partial charge on any atom is 0.425 e. The van der Waals surface area contributed by atoms with Crippen molar-refractivity contribution in [3.63, 3.8) is 0 Å². The number of rotatable bonds is 7. The lowest BCUT2D eigenvalue weighted by Crippen LogP contribution is -2.49. The molecule has 10 heteroatoms. The van der Waals surface area contributed by atoms with Crippen LogP contribution in [0, 0.1) is 0 Å². The fraction of sp³-hybridized carbons (Fsp3) is 0.500. The average Bonchev–Trinajstić information content (AvgIpc) is 3.15. The molecule has 30 heavy (non-hydrogen) atoms. The summed E-state index contributed by atoms with van der Waals surface area (Å²) in [4.78, 5) is 18.2. The van der Waals surface area contributed by atoms with Crippen molar-refractivity contribution in [3.05, 3.63) is 54.1 Å². The van der Waals surface area contributed by atoms with Gasteiger partial charge in [-0.25, -0.2) is 4.98 Å². The van der Waals surface area contributed by atoms with E-state index in [4.69, 9.17) is 4.74 Å². The number of hydrogen-bond donors (Lipinski definition) is 2. The van der Waals surface area contributed by atoms with Crippen LogP contribution in [0.15, 0.2) is 42.7 Å². The van der Waals surface area contributed by atoms with E-state index in [1.807, 2.05) is 30.3 Å². The molecule has 1 saturated heterocycles. The van der Waals surface area contributed by atoms with Gasteiger partial charge in [-0.3, -0.25) is 9.69 Å². The molecule has 0 bridgehead atoms. The Hall–Kier alpha value is -2.43. The first-order valence-electron chi connectivity index (χ1n) is 9.63. The Balaban J connectivity index is 1.73. The van der Waals surface area contributed by atoms with Gasteiger partial charge in [-0.2, -0.15) is 13.2 Å². The van der Waals surface area contributed by atoms with Crippen molar-refractivity contribution in [3.8, 4) is 0 Å². The summed E-state index contributed by atoms with van der Waals surface area (Å²) in [5.74, 6) is -1.54. The second kappa shape index (κ2) is 9.15. The predicted molar refractivity (Wildman–Crippen MR) is 102 cm³/mol. The summed E-state index contributed by atoms with van der Waals surface area (Å²) in [5.41, 5.74) is -2.44. The van der Waals surface area contributed by atoms with E-state index in [0.717, 1.165) is 16.3 Å². The summed E-state index contributed by atoms with van der Waals surface area (Å²) in [6.45, 7) is 2.50. The van der Waals surface area contributed by atoms with Crippen LogP contribution in [-0.2, 0) is 22.2 Å². The van der Waals surface area contributed by atoms with Gasteiger partial charge in [0.15, 0.2) is 5.82 Å². The molecule has 7 nitrogen and oxygen atoms in total. The topological polar surface area (TPSA) is 79.6 Å². The molecule has 2 heterocycles. The maximum atomic E-state index is 13.7. The molecule has 1 aromatic heterocycles. The molecule has 1 aromatic carbocycles. The Bertz CT molecular complexity index is 837. The van der Waals surface area contributed by atoms with E-state index < -0.39 is 29.9 Å². The number of aryl methyl sites for hydroxylation is 1. The van der Waals surface area contributed by atoms with Crippen LogP contribution in [0.25, 0.3) is 0 Å². The Labute approximate surface area is 172 Å². The molecule has 2 N–H and O–H groups in total. The van der Waals surface area contributed by atoms with Crippen LogP contribution >= 0.6 is 0 Å². The number of aliphatic hydroxyl groups is 1. The lowest BCUT2D eigenvalue weighted by Gasteiger charge is -2.35. The molecule has 1 fully saturated rings. The first kappa shape index (κ1) is 22.3. The number of ether oxygens (including phenoxy) is 1. The quantitative estimate of drug-likeness (QED) is 0.705. The van der Waals surface area contributed by atoms with E-state index in [2.05, 4.69) is 15.2 Å². The third-order valence-electron chi connectivity index (χ3n) is 5.24. The van der Waals surface area contributed by atoms with Gasteiger partial charge in [-0.1, -0.05) is 30.3 Å². The van der Waals surface area contributed by atoms with Gasteiger partial charge in [0.1, 0.15) is 0 Å². The molecule has 1 aliphatic rings. The first-order chi connectivity index (χ1) is 14.2. The van der Waals surface area contributed by atoms with Crippen LogP contribution < -0.4 is 5.32 Å². The van der Waals surface area contributed by atoms with Crippen LogP contribution in [-0.4, -0.2) is 64.5 Å². The number of imidazole rings is 1. The lowest BCUT2D eigenvalue weighted by molar-refractivity contribution is -0.271. The van der Waals surface area contributed by atoms with Gasteiger partial charge < -0.3 is 19.7 Å². The molecular formula is C20H25F3N4O3. The van der Waals surface area contributed by atoms with E-state index >= 15 is 0 Å². The summed E-state index contributed by atoms with van der Waals surface area (Å²) in [7, 11) is 1.33. The molecule has 0 spiro atoms. The van der Waals surface area contributed by atoms with Gasteiger partial charge in [0.2, 0.25) is 11.5 Å². The van der Waals surface area contributed by atoms with Crippen molar-refractivity contribution in [2.75, 3.05) is 32.8 Å². The van der Waals surface area contributed by atoms with Gasteiger partial charge in [0, 0.05) is 39.1 Å². The maximum absolute atomic E-state index is 13.7. The minimum absolute atomic E-state index is 0.108. The van der Waals surface area contributed by atoms with Crippen LogP contribution in [0.1, 0.15) is 23.9 Å². The van der Waals surface area contributed by atoms with Gasteiger partial charge in [0.25, 0.3) is 0 Å². The van der Waals surface area contributed by atoms with Crippen molar-refractivity contribution in [2.45, 2.75) is 24.2 Å². The zero-order valence-electron chi connectivity index (χ0n) is 16.6. The number of carbonyl (C=O) groups excluding carboxylic acids is 1. The van der Waals surface area contributed by atoms with Crippen molar-refractivity contribution in [2.24, 2.45) is 7.05 Å². The highest BCUT2D eigenvalue weighted by Crippen LogP contribution is 2.40. The summed E-state index contributed by atoms with van der Waals surface area (Å²) in [6.07, 6.45) is -3.81. The van der Waals surface area contributed by atoms with Gasteiger partial charge in [0.05, 0.1) is 25.7 Å². The molecule has 3 rings (SSSR count). The molecule has 2 aromatic rings. The van der Waals surface area contributed by atoms with Crippen molar-refractivity contribution < 1.29 is 27.8 Å². The van der Waals surface area contributed by atoms with E-state index in [0.29, 0.717) is 26.3 Å². The zero-order chi connectivity index (χ0) is 21.8. The Morgan fingerprint density at radius 2 is 1.93 bits per heavy atom. The lowest BCUT2D eigenvalue weighted by atomic mass is 9.97. The number of amides is 1. The predicted octanol–water partition coefficient (Wildman–Crippen LogP) is 1.75. The van der Waals surface area contributed by atoms with E-state index in [-0.39, 0.29) is 12.6 Å². The number of hydrogen-bond acceptors (Lipinski definition) is 5. The Morgan fingerprint density at radius 1 is 1.27 bits per heavy atom. The van der Waals surface area contributed by atoms with Gasteiger partial charge >= 0.3 is 6.18 Å². The molecule has 0 aliphatic carbocycles. The number of aromatic nitrogens is 2. The van der Waals surface area contributed by atoms with Crippen molar-refractivity contribution in [1.29, 1.82) is 0 Å². The van der Waals surface area contributed by atoms with Crippen LogP contribution in [0.3, 0.4) is 0 Å². The molecule has 164 valence electrons. The molecule has 0 saturated carbocycles. The highest BCUT2D eigenvalue weighted by atomic mass is 19.4. The third-order valence-corrected chi connectivity index (χ3v) is 5.24. The minimum Gasteiger partial charge on any atom is -0.379 e. The van der Waals surface area contributed by atoms with Crippen molar-refractivity contribution >= 4 is 5.91 Å². The van der Waals surface area contributed by atoms with E-state index in [1.54, 1.807) is 0 Å². The first-order valence-corrected chi connectivity index (χ1v) is 9.63. The van der Waals surface area contributed by atoms with Gasteiger partial charge in [-0.05, 0) is 5.56 Å². The summed E-state index contributed by atoms with van der Waals surface area (Å²) in [6, 6.07) is 9.21. The fourth-order valence-corrected chi connectivity index (χ4v) is 3.60. The Kier molecular flexibility index (Phi) is 6.79. The minimum atomic E-state index is -5.06. The number of nitrogens with one attached hydrogen (secondary N) is 1. The Morgan fingerprint density at radius 3 is 2.50 bits per heavy atom. The largest absolute Gasteiger partial charge is 0.425 e. The standard InChI is InChI=1S/C20H25F3N4O3/c1-26-8-7-24-18(26)19(29,20(21,22)23)13-17(28)25-14-16(15-5-3-2-4-6-15)27-9-11-30-12-10-27/h2-8,16,29H,9-14H2,1H3,(H,25,28). The van der Waals surface area contributed by atoms with Crippen molar-refractivity contribution in [1.82, 2.24) is 19.8 Å². The molecule has 1 aliphatic heterocycles. The molecule has 0 radical (unpaired) electrons. The highest BCUT2D eigenvalue weighted by Gasteiger charge is 2.58. The highest BCUT2D eigenvalue weighted by molar-refractivity contribution is 5.77. The number of carbonyl (C=O) groups is 1. The summed E-state index contributed by atoms with van der Waals surface area (Å²) < 4.78 is 47.4. The fourth-order valence-electron chi connectivity index (χ4n) is 3.60. The number of morpholine rings is 1. The van der Waals surface area contributed by atoms with E-state index in [9.17, 15) is 23.1 Å². The van der Waals surface area contributed by atoms with Crippen LogP contribution in [0.5, 0.6) is 0 Å². The SMILES string of the molecule is Cn1ccnc1C(O)(CC(=O)NCC(c1ccccc1)N1CCOCC1)C(F)(F)F. The summed E-state index contributed by atoms with van der Waals surface area (Å²) >= 11 is 0. The smallest absolute Gasteiger partial charge is 0.379 e. The van der Waals surface area contributed by atoms with E-state index in [1.165, 1.54) is 13.2 Å². The molecular weight excluding hydrogens is 401 g/mol.